The SMILES string of the molecule is CC/C=C/C=C/C=C/C=C/C=C/CCCCCC(=O)OCC(COCCC(C(=O)[O-])[N+](C)(C)C)OC(=O)CCCCCC/C=C/C/C=C/C/C=C/C/C=C/C/C=C/CC. The molecule has 0 heterocycles. The lowest BCUT2D eigenvalue weighted by Gasteiger charge is -2.34. The number of hydrogen-bond donors (Lipinski definition) is 0. The molecule has 2 unspecified atom stereocenters. The minimum absolute atomic E-state index is 0.00670. The van der Waals surface area contributed by atoms with E-state index in [1.54, 1.807) is 21.1 Å². The van der Waals surface area contributed by atoms with E-state index in [0.717, 1.165) is 83.5 Å². The lowest BCUT2D eigenvalue weighted by Crippen LogP contribution is -2.55. The quantitative estimate of drug-likeness (QED) is 0.0202. The predicted molar refractivity (Wildman–Crippen MR) is 244 cm³/mol. The molecule has 0 aliphatic heterocycles. The number of hydrogen-bond acceptors (Lipinski definition) is 7. The van der Waals surface area contributed by atoms with Crippen LogP contribution in [0.25, 0.3) is 0 Å². The fourth-order valence-corrected chi connectivity index (χ4v) is 5.59. The normalized spacial score (nSPS) is 14.1. The largest absolute Gasteiger partial charge is 0.544 e. The Morgan fingerprint density at radius 3 is 1.53 bits per heavy atom. The van der Waals surface area contributed by atoms with E-state index in [1.165, 1.54) is 0 Å². The van der Waals surface area contributed by atoms with E-state index in [2.05, 4.69) is 86.8 Å². The molecular formula is C51H79NO7. The van der Waals surface area contributed by atoms with Crippen LogP contribution in [0.5, 0.6) is 0 Å². The molecular weight excluding hydrogens is 739 g/mol. The summed E-state index contributed by atoms with van der Waals surface area (Å²) in [6.45, 7) is 4.30. The molecule has 0 aromatic heterocycles. The van der Waals surface area contributed by atoms with Gasteiger partial charge in [0.25, 0.3) is 0 Å². The second-order valence-corrected chi connectivity index (χ2v) is 15.3. The van der Waals surface area contributed by atoms with Gasteiger partial charge in [-0.1, -0.05) is 155 Å². The summed E-state index contributed by atoms with van der Waals surface area (Å²) >= 11 is 0. The first-order valence-corrected chi connectivity index (χ1v) is 22.1. The highest BCUT2D eigenvalue weighted by Gasteiger charge is 2.25. The third-order valence-electron chi connectivity index (χ3n) is 8.97. The van der Waals surface area contributed by atoms with Gasteiger partial charge in [0.15, 0.2) is 6.10 Å². The van der Waals surface area contributed by atoms with E-state index in [9.17, 15) is 19.5 Å². The molecule has 0 aliphatic rings. The number of carboxylic acids is 1. The highest BCUT2D eigenvalue weighted by atomic mass is 16.6. The Labute approximate surface area is 359 Å². The van der Waals surface area contributed by atoms with E-state index in [1.807, 2.05) is 48.6 Å². The standard InChI is InChI=1S/C51H79NO7/c1-6-8-10-12-14-16-18-20-22-23-24-25-26-28-30-32-34-36-38-40-42-50(54)59-47(45-57-44-43-48(51(55)56)52(3,4)5)46-58-49(53)41-39-37-35-33-31-29-27-21-19-17-15-13-11-9-7-2/h8-11,13-17,19-22,24-25,27-31,47-48H,6-7,12,18,23,26,32-46H2,1-5H3/b10-8+,11-9+,15-13+,16-14+,19-17+,22-20+,25-24+,27-21+,30-28+,31-29+. The van der Waals surface area contributed by atoms with Crippen molar-refractivity contribution in [3.63, 3.8) is 0 Å². The molecule has 0 saturated heterocycles. The third kappa shape index (κ3) is 39.0. The zero-order valence-corrected chi connectivity index (χ0v) is 37.4. The summed E-state index contributed by atoms with van der Waals surface area (Å²) in [4.78, 5) is 36.9. The molecule has 0 rings (SSSR count). The monoisotopic (exact) mass is 818 g/mol. The second-order valence-electron chi connectivity index (χ2n) is 15.3. The van der Waals surface area contributed by atoms with Gasteiger partial charge in [-0.3, -0.25) is 9.59 Å². The van der Waals surface area contributed by atoms with E-state index >= 15 is 0 Å². The molecule has 0 fully saturated rings. The molecule has 2 atom stereocenters. The summed E-state index contributed by atoms with van der Waals surface area (Å²) in [5.41, 5.74) is 0. The highest BCUT2D eigenvalue weighted by Crippen LogP contribution is 2.11. The lowest BCUT2D eigenvalue weighted by atomic mass is 10.1. The van der Waals surface area contributed by atoms with Crippen LogP contribution in [-0.4, -0.2) is 75.5 Å². The van der Waals surface area contributed by atoms with E-state index in [-0.39, 0.29) is 55.5 Å². The first-order chi connectivity index (χ1) is 28.6. The smallest absolute Gasteiger partial charge is 0.306 e. The molecule has 8 heteroatoms. The zero-order valence-electron chi connectivity index (χ0n) is 37.4. The van der Waals surface area contributed by atoms with Crippen molar-refractivity contribution in [1.29, 1.82) is 0 Å². The minimum Gasteiger partial charge on any atom is -0.544 e. The molecule has 0 bridgehead atoms. The van der Waals surface area contributed by atoms with Crippen molar-refractivity contribution < 1.29 is 38.2 Å². The van der Waals surface area contributed by atoms with E-state index in [4.69, 9.17) is 14.2 Å². The van der Waals surface area contributed by atoms with Gasteiger partial charge >= 0.3 is 11.9 Å². The lowest BCUT2D eigenvalue weighted by molar-refractivity contribution is -0.889. The Morgan fingerprint density at radius 2 is 0.983 bits per heavy atom. The van der Waals surface area contributed by atoms with Crippen LogP contribution in [0.2, 0.25) is 0 Å². The maximum absolute atomic E-state index is 12.7. The molecule has 0 N–H and O–H groups in total. The number of unbranched alkanes of at least 4 members (excludes halogenated alkanes) is 7. The molecule has 0 aliphatic carbocycles. The van der Waals surface area contributed by atoms with E-state index in [0.29, 0.717) is 12.8 Å². The van der Waals surface area contributed by atoms with Crippen LogP contribution in [0.1, 0.15) is 129 Å². The van der Waals surface area contributed by atoms with Gasteiger partial charge in [-0.05, 0) is 77.0 Å². The predicted octanol–water partition coefficient (Wildman–Crippen LogP) is 10.9. The number of likely N-dealkylation sites (N-methyl/N-ethyl adjacent to an activating group) is 1. The highest BCUT2D eigenvalue weighted by molar-refractivity contribution is 5.70. The van der Waals surface area contributed by atoms with Gasteiger partial charge in [0.05, 0.1) is 40.3 Å². The molecule has 330 valence electrons. The Hall–Kier alpha value is -4.27. The maximum atomic E-state index is 12.7. The van der Waals surface area contributed by atoms with Crippen LogP contribution in [0.3, 0.4) is 0 Å². The first-order valence-electron chi connectivity index (χ1n) is 22.1. The number of allylic oxidation sites excluding steroid dienone is 20. The van der Waals surface area contributed by atoms with Crippen LogP contribution >= 0.6 is 0 Å². The number of carbonyl (C=O) groups is 3. The molecule has 0 radical (unpaired) electrons. The van der Waals surface area contributed by atoms with Gasteiger partial charge in [0.2, 0.25) is 0 Å². The Balaban J connectivity index is 4.50. The number of rotatable bonds is 37. The summed E-state index contributed by atoms with van der Waals surface area (Å²) in [5, 5.41) is 11.6. The number of aliphatic carboxylic acids is 1. The van der Waals surface area contributed by atoms with Crippen LogP contribution in [-0.2, 0) is 28.6 Å². The van der Waals surface area contributed by atoms with Gasteiger partial charge in [0, 0.05) is 19.3 Å². The average Bonchev–Trinajstić information content (AvgIpc) is 3.19. The van der Waals surface area contributed by atoms with Crippen molar-refractivity contribution in [2.75, 3.05) is 41.0 Å². The Bertz CT molecular complexity index is 1370. The van der Waals surface area contributed by atoms with Gasteiger partial charge in [-0.25, -0.2) is 0 Å². The van der Waals surface area contributed by atoms with Gasteiger partial charge < -0.3 is 28.6 Å². The summed E-state index contributed by atoms with van der Waals surface area (Å²) in [6.07, 6.45) is 56.5. The summed E-state index contributed by atoms with van der Waals surface area (Å²) in [5.74, 6) is -1.84. The summed E-state index contributed by atoms with van der Waals surface area (Å²) < 4.78 is 17.1. The fourth-order valence-electron chi connectivity index (χ4n) is 5.59. The van der Waals surface area contributed by atoms with Crippen molar-refractivity contribution in [1.82, 2.24) is 0 Å². The van der Waals surface area contributed by atoms with E-state index < -0.39 is 18.1 Å². The van der Waals surface area contributed by atoms with Crippen molar-refractivity contribution in [2.45, 2.75) is 142 Å². The first kappa shape index (κ1) is 54.7. The molecule has 0 saturated carbocycles. The van der Waals surface area contributed by atoms with Crippen molar-refractivity contribution >= 4 is 17.9 Å². The van der Waals surface area contributed by atoms with Gasteiger partial charge in [0.1, 0.15) is 12.6 Å². The number of carboxylic acid groups (broad SMARTS) is 1. The average molecular weight is 818 g/mol. The second kappa shape index (κ2) is 40.5. The number of quaternary nitrogens is 1. The molecule has 0 spiro atoms. The number of nitrogens with zero attached hydrogens (tertiary/aromatic N) is 1. The minimum atomic E-state index is -1.14. The van der Waals surface area contributed by atoms with Crippen LogP contribution in [0.4, 0.5) is 0 Å². The molecule has 8 nitrogen and oxygen atoms in total. The third-order valence-corrected chi connectivity index (χ3v) is 8.97. The van der Waals surface area contributed by atoms with Crippen LogP contribution < -0.4 is 5.11 Å². The number of esters is 2. The fraction of sp³-hybridized carbons (Fsp3) is 0.549. The van der Waals surface area contributed by atoms with Crippen LogP contribution in [0.15, 0.2) is 122 Å². The van der Waals surface area contributed by atoms with Gasteiger partial charge in [-0.2, -0.15) is 0 Å². The van der Waals surface area contributed by atoms with Crippen molar-refractivity contribution in [3.8, 4) is 0 Å². The zero-order chi connectivity index (χ0) is 43.5. The molecule has 0 aromatic rings. The summed E-state index contributed by atoms with van der Waals surface area (Å²) in [7, 11) is 5.36. The Morgan fingerprint density at radius 1 is 0.525 bits per heavy atom. The summed E-state index contributed by atoms with van der Waals surface area (Å²) in [6, 6.07) is -0.746. The topological polar surface area (TPSA) is 102 Å². The molecule has 59 heavy (non-hydrogen) atoms. The number of ether oxygens (including phenoxy) is 3. The molecule has 0 aromatic carbocycles. The Kier molecular flexibility index (Phi) is 37.6. The van der Waals surface area contributed by atoms with Crippen molar-refractivity contribution in [2.24, 2.45) is 0 Å². The van der Waals surface area contributed by atoms with Crippen LogP contribution in [0, 0.1) is 0 Å². The number of carbonyl (C=O) groups excluding carboxylic acids is 3. The van der Waals surface area contributed by atoms with Crippen molar-refractivity contribution in [3.05, 3.63) is 122 Å². The maximum Gasteiger partial charge on any atom is 0.306 e. The molecule has 0 amide bonds. The van der Waals surface area contributed by atoms with Gasteiger partial charge in [-0.15, -0.1) is 0 Å².